The number of halogens is 3. The lowest BCUT2D eigenvalue weighted by Gasteiger charge is -2.13. The maximum atomic E-state index is 10.8. The van der Waals surface area contributed by atoms with Crippen LogP contribution in [0.2, 0.25) is 0 Å². The predicted octanol–water partition coefficient (Wildman–Crippen LogP) is 3.77. The molecule has 2 aromatic carbocycles. The zero-order chi connectivity index (χ0) is 16.3. The molecule has 0 saturated carbocycles. The number of ether oxygens (including phenoxy) is 1. The van der Waals surface area contributed by atoms with Crippen LogP contribution in [0.15, 0.2) is 36.4 Å². The van der Waals surface area contributed by atoms with E-state index in [9.17, 15) is 9.90 Å². The molecule has 4 N–H and O–H groups in total. The van der Waals surface area contributed by atoms with Crippen molar-refractivity contribution in [3.63, 3.8) is 0 Å². The first kappa shape index (κ1) is 20.3. The van der Waals surface area contributed by atoms with Gasteiger partial charge in [0.15, 0.2) is 5.75 Å². The van der Waals surface area contributed by atoms with Gasteiger partial charge >= 0.3 is 5.97 Å². The summed E-state index contributed by atoms with van der Waals surface area (Å²) in [7, 11) is 0. The summed E-state index contributed by atoms with van der Waals surface area (Å²) in [6, 6.07) is 9.26. The quantitative estimate of drug-likeness (QED) is 0.484. The second-order valence-corrected chi connectivity index (χ2v) is 6.96. The van der Waals surface area contributed by atoms with E-state index in [0.717, 1.165) is 12.7 Å². The average Bonchev–Trinajstić information content (AvgIpc) is 2.44. The summed E-state index contributed by atoms with van der Waals surface area (Å²) in [5.74, 6) is 0.465. The zero-order valence-corrected chi connectivity index (χ0v) is 16.8. The van der Waals surface area contributed by atoms with Crippen LogP contribution < -0.4 is 10.5 Å². The van der Waals surface area contributed by atoms with Gasteiger partial charge in [0.25, 0.3) is 0 Å². The molecular weight excluding hydrogens is 547 g/mol. The minimum atomic E-state index is -1.02. The van der Waals surface area contributed by atoms with Crippen molar-refractivity contribution in [1.29, 1.82) is 0 Å². The number of phenolic OH excluding ortho intramolecular Hbond substituents is 1. The summed E-state index contributed by atoms with van der Waals surface area (Å²) in [6.07, 6.45) is 0.265. The molecule has 0 heterocycles. The molecule has 0 aliphatic rings. The van der Waals surface area contributed by atoms with Gasteiger partial charge in [0.2, 0.25) is 0 Å². The first-order valence-electron chi connectivity index (χ1n) is 6.30. The van der Waals surface area contributed by atoms with E-state index >= 15 is 0 Å². The highest BCUT2D eigenvalue weighted by atomic mass is 127. The molecule has 2 aromatic rings. The lowest BCUT2D eigenvalue weighted by molar-refractivity contribution is -0.138. The Morgan fingerprint density at radius 3 is 2.17 bits per heavy atom. The summed E-state index contributed by atoms with van der Waals surface area (Å²) in [4.78, 5) is 10.8. The van der Waals surface area contributed by atoms with Gasteiger partial charge in [0.05, 0.1) is 7.14 Å². The second kappa shape index (κ2) is 8.90. The van der Waals surface area contributed by atoms with E-state index < -0.39 is 12.0 Å². The van der Waals surface area contributed by atoms with E-state index in [1.54, 1.807) is 24.3 Å². The van der Waals surface area contributed by atoms with Gasteiger partial charge in [0, 0.05) is 0 Å². The molecule has 0 amide bonds. The highest BCUT2D eigenvalue weighted by Crippen LogP contribution is 2.33. The van der Waals surface area contributed by atoms with Crippen molar-refractivity contribution < 1.29 is 19.7 Å². The molecule has 0 radical (unpaired) electrons. The van der Waals surface area contributed by atoms with Crippen molar-refractivity contribution in [2.75, 3.05) is 0 Å². The fourth-order valence-corrected chi connectivity index (χ4v) is 3.92. The molecule has 2 rings (SSSR count). The third kappa shape index (κ3) is 5.66. The molecule has 0 saturated heterocycles. The maximum Gasteiger partial charge on any atom is 0.320 e. The number of hydrogen-bond donors (Lipinski definition) is 3. The average molecular weight is 562 g/mol. The predicted molar refractivity (Wildman–Crippen MR) is 107 cm³/mol. The minimum absolute atomic E-state index is 0. The molecular formula is C15H14ClI2NO4. The number of aliphatic carboxylic acids is 1. The molecule has 0 aliphatic heterocycles. The van der Waals surface area contributed by atoms with Crippen LogP contribution in [-0.4, -0.2) is 22.2 Å². The molecule has 23 heavy (non-hydrogen) atoms. The van der Waals surface area contributed by atoms with Crippen LogP contribution in [0.3, 0.4) is 0 Å². The number of benzene rings is 2. The number of aromatic hydroxyl groups is 1. The van der Waals surface area contributed by atoms with Gasteiger partial charge in [-0.1, -0.05) is 0 Å². The SMILES string of the molecule is Cl.N[C@H](Cc1cc(I)c(Oc2ccc(O)cc2)c(I)c1)C(=O)O. The summed E-state index contributed by atoms with van der Waals surface area (Å²) in [5.41, 5.74) is 6.41. The summed E-state index contributed by atoms with van der Waals surface area (Å²) in [6.45, 7) is 0. The van der Waals surface area contributed by atoms with Crippen molar-refractivity contribution in [3.8, 4) is 17.2 Å². The van der Waals surface area contributed by atoms with Crippen LogP contribution in [0.25, 0.3) is 0 Å². The van der Waals surface area contributed by atoms with Gasteiger partial charge in [-0.3, -0.25) is 4.79 Å². The molecule has 5 nitrogen and oxygen atoms in total. The van der Waals surface area contributed by atoms with Crippen molar-refractivity contribution in [1.82, 2.24) is 0 Å². The number of nitrogens with two attached hydrogens (primary N) is 1. The van der Waals surface area contributed by atoms with Crippen LogP contribution in [-0.2, 0) is 11.2 Å². The highest BCUT2D eigenvalue weighted by Gasteiger charge is 2.15. The van der Waals surface area contributed by atoms with Crippen LogP contribution in [0.4, 0.5) is 0 Å². The highest BCUT2D eigenvalue weighted by molar-refractivity contribution is 14.1. The third-order valence-corrected chi connectivity index (χ3v) is 4.49. The van der Waals surface area contributed by atoms with Gasteiger partial charge in [-0.15, -0.1) is 12.4 Å². The van der Waals surface area contributed by atoms with Gasteiger partial charge in [-0.2, -0.15) is 0 Å². The van der Waals surface area contributed by atoms with E-state index in [0.29, 0.717) is 11.5 Å². The Hall–Kier alpha value is -0.780. The zero-order valence-electron chi connectivity index (χ0n) is 11.7. The second-order valence-electron chi connectivity index (χ2n) is 4.63. The summed E-state index contributed by atoms with van der Waals surface area (Å²) in [5, 5.41) is 18.2. The maximum absolute atomic E-state index is 10.8. The normalized spacial score (nSPS) is 11.4. The van der Waals surface area contributed by atoms with E-state index in [2.05, 4.69) is 45.2 Å². The van der Waals surface area contributed by atoms with Crippen LogP contribution in [0, 0.1) is 7.14 Å². The Labute approximate surface area is 166 Å². The Morgan fingerprint density at radius 2 is 1.70 bits per heavy atom. The van der Waals surface area contributed by atoms with Crippen molar-refractivity contribution >= 4 is 63.6 Å². The van der Waals surface area contributed by atoms with E-state index in [4.69, 9.17) is 15.6 Å². The van der Waals surface area contributed by atoms with Crippen molar-refractivity contribution in [2.24, 2.45) is 5.73 Å². The third-order valence-electron chi connectivity index (χ3n) is 2.89. The standard InChI is InChI=1S/C15H13I2NO4.ClH/c16-11-5-8(7-13(18)15(20)21)6-12(17)14(11)22-10-3-1-9(19)2-4-10;/h1-6,13,19H,7,18H2,(H,20,21);1H/t13-;/m1./s1. The molecule has 1 atom stereocenters. The lowest BCUT2D eigenvalue weighted by atomic mass is 10.1. The topological polar surface area (TPSA) is 92.8 Å². The molecule has 8 heteroatoms. The van der Waals surface area contributed by atoms with Crippen LogP contribution in [0.1, 0.15) is 5.56 Å². The Morgan fingerprint density at radius 1 is 1.17 bits per heavy atom. The van der Waals surface area contributed by atoms with Gasteiger partial charge in [-0.05, 0) is 93.6 Å². The fraction of sp³-hybridized carbons (Fsp3) is 0.133. The molecule has 124 valence electrons. The first-order chi connectivity index (χ1) is 10.4. The fourth-order valence-electron chi connectivity index (χ4n) is 1.80. The lowest BCUT2D eigenvalue weighted by Crippen LogP contribution is -2.32. The van der Waals surface area contributed by atoms with Crippen LogP contribution >= 0.6 is 57.6 Å². The van der Waals surface area contributed by atoms with Gasteiger partial charge in [0.1, 0.15) is 17.5 Å². The monoisotopic (exact) mass is 561 g/mol. The van der Waals surface area contributed by atoms with Crippen molar-refractivity contribution in [2.45, 2.75) is 12.5 Å². The molecule has 0 aliphatic carbocycles. The summed E-state index contributed by atoms with van der Waals surface area (Å²) < 4.78 is 7.56. The number of phenols is 1. The number of carboxylic acid groups (broad SMARTS) is 1. The number of carboxylic acids is 1. The van der Waals surface area contributed by atoms with E-state index in [1.807, 2.05) is 12.1 Å². The summed E-state index contributed by atoms with van der Waals surface area (Å²) >= 11 is 4.28. The smallest absolute Gasteiger partial charge is 0.320 e. The number of hydrogen-bond acceptors (Lipinski definition) is 4. The van der Waals surface area contributed by atoms with E-state index in [1.165, 1.54) is 0 Å². The Bertz CT molecular complexity index is 671. The molecule has 0 aromatic heterocycles. The number of rotatable bonds is 5. The van der Waals surface area contributed by atoms with E-state index in [-0.39, 0.29) is 24.6 Å². The first-order valence-corrected chi connectivity index (χ1v) is 8.45. The Balaban J connectivity index is 0.00000264. The van der Waals surface area contributed by atoms with Crippen molar-refractivity contribution in [3.05, 3.63) is 49.1 Å². The Kier molecular flexibility index (Phi) is 7.84. The largest absolute Gasteiger partial charge is 0.508 e. The van der Waals surface area contributed by atoms with Gasteiger partial charge < -0.3 is 20.7 Å². The molecule has 0 bridgehead atoms. The molecule has 0 fully saturated rings. The molecule has 0 spiro atoms. The van der Waals surface area contributed by atoms with Gasteiger partial charge in [-0.25, -0.2) is 0 Å². The minimum Gasteiger partial charge on any atom is -0.508 e. The number of carbonyl (C=O) groups is 1. The molecule has 0 unspecified atom stereocenters. The van der Waals surface area contributed by atoms with Crippen LogP contribution in [0.5, 0.6) is 17.2 Å².